The van der Waals surface area contributed by atoms with Crippen molar-refractivity contribution in [2.75, 3.05) is 13.7 Å². The highest BCUT2D eigenvalue weighted by molar-refractivity contribution is 5.91. The number of carboxylic acids is 1. The third-order valence-electron chi connectivity index (χ3n) is 3.76. The lowest BCUT2D eigenvalue weighted by Crippen LogP contribution is -2.43. The molecule has 0 aromatic heterocycles. The summed E-state index contributed by atoms with van der Waals surface area (Å²) in [6.07, 6.45) is -0.757. The van der Waals surface area contributed by atoms with Crippen LogP contribution in [0.4, 0.5) is 0 Å². The van der Waals surface area contributed by atoms with Crippen molar-refractivity contribution in [3.05, 3.63) is 53.6 Å². The van der Waals surface area contributed by atoms with Gasteiger partial charge in [-0.2, -0.15) is 0 Å². The van der Waals surface area contributed by atoms with Gasteiger partial charge < -0.3 is 24.6 Å². The van der Waals surface area contributed by atoms with Crippen molar-refractivity contribution in [2.24, 2.45) is 0 Å². The molecule has 130 valence electrons. The second-order valence-electron chi connectivity index (χ2n) is 5.42. The summed E-state index contributed by atoms with van der Waals surface area (Å²) in [5.74, 6) is -0.0321. The van der Waals surface area contributed by atoms with E-state index in [1.54, 1.807) is 30.3 Å². The van der Waals surface area contributed by atoms with Crippen LogP contribution >= 0.6 is 0 Å². The normalized spacial score (nSPS) is 15.3. The van der Waals surface area contributed by atoms with Crippen LogP contribution in [0.5, 0.6) is 17.2 Å². The second kappa shape index (κ2) is 7.12. The van der Waals surface area contributed by atoms with Crippen molar-refractivity contribution in [3.8, 4) is 17.2 Å². The number of carboxylic acid groups (broad SMARTS) is 1. The first kappa shape index (κ1) is 16.6. The largest absolute Gasteiger partial charge is 0.496 e. The fourth-order valence-electron chi connectivity index (χ4n) is 2.48. The van der Waals surface area contributed by atoms with E-state index in [1.807, 2.05) is 6.07 Å². The third-order valence-corrected chi connectivity index (χ3v) is 3.76. The lowest BCUT2D eigenvalue weighted by Gasteiger charge is -2.25. The van der Waals surface area contributed by atoms with Crippen LogP contribution < -0.4 is 19.5 Å². The lowest BCUT2D eigenvalue weighted by molar-refractivity contribution is -0.130. The van der Waals surface area contributed by atoms with Gasteiger partial charge in [-0.3, -0.25) is 4.79 Å². The fraction of sp³-hybridized carbons (Fsp3) is 0.222. The van der Waals surface area contributed by atoms with E-state index < -0.39 is 12.1 Å². The number of methoxy groups -OCH3 is 1. The van der Waals surface area contributed by atoms with Crippen LogP contribution in [-0.4, -0.2) is 36.8 Å². The third kappa shape index (κ3) is 3.65. The first-order valence-electron chi connectivity index (χ1n) is 7.65. The monoisotopic (exact) mass is 343 g/mol. The highest BCUT2D eigenvalue weighted by Crippen LogP contribution is 2.30. The Kier molecular flexibility index (Phi) is 4.74. The molecule has 25 heavy (non-hydrogen) atoms. The minimum absolute atomic E-state index is 0.0421. The Labute approximate surface area is 144 Å². The van der Waals surface area contributed by atoms with E-state index in [1.165, 1.54) is 13.2 Å². The van der Waals surface area contributed by atoms with Gasteiger partial charge in [0, 0.05) is 6.54 Å². The van der Waals surface area contributed by atoms with Crippen LogP contribution in [0.3, 0.4) is 0 Å². The number of fused-ring (bicyclic) bond motifs is 1. The van der Waals surface area contributed by atoms with E-state index in [4.69, 9.17) is 14.2 Å². The minimum atomic E-state index is -1.09. The van der Waals surface area contributed by atoms with Gasteiger partial charge in [-0.15, -0.1) is 0 Å². The van der Waals surface area contributed by atoms with E-state index in [9.17, 15) is 14.7 Å². The molecule has 1 heterocycles. The second-order valence-corrected chi connectivity index (χ2v) is 5.42. The van der Waals surface area contributed by atoms with Gasteiger partial charge in [0.15, 0.2) is 11.5 Å². The maximum atomic E-state index is 12.3. The minimum Gasteiger partial charge on any atom is -0.496 e. The van der Waals surface area contributed by atoms with Crippen molar-refractivity contribution in [2.45, 2.75) is 12.6 Å². The van der Waals surface area contributed by atoms with Gasteiger partial charge in [0.2, 0.25) is 6.10 Å². The number of hydrogen-bond acceptors (Lipinski definition) is 5. The van der Waals surface area contributed by atoms with Crippen LogP contribution in [0.2, 0.25) is 0 Å². The molecule has 0 spiro atoms. The Hall–Kier alpha value is -3.22. The summed E-state index contributed by atoms with van der Waals surface area (Å²) in [5.41, 5.74) is 0.684. The lowest BCUT2D eigenvalue weighted by atomic mass is 10.1. The Balaban J connectivity index is 1.63. The summed E-state index contributed by atoms with van der Waals surface area (Å²) in [6, 6.07) is 11.8. The summed E-state index contributed by atoms with van der Waals surface area (Å²) < 4.78 is 16.2. The van der Waals surface area contributed by atoms with Crippen LogP contribution in [0.1, 0.15) is 15.9 Å². The van der Waals surface area contributed by atoms with E-state index in [0.29, 0.717) is 17.1 Å². The number of amides is 1. The molecule has 3 rings (SSSR count). The molecule has 2 N–H and O–H groups in total. The number of nitrogens with one attached hydrogen (secondary N) is 1. The van der Waals surface area contributed by atoms with Gasteiger partial charge >= 0.3 is 5.97 Å². The molecule has 0 aliphatic carbocycles. The van der Waals surface area contributed by atoms with Crippen LogP contribution in [0, 0.1) is 0 Å². The number of aromatic carboxylic acids is 1. The Bertz CT molecular complexity index is 804. The molecule has 0 saturated carbocycles. The van der Waals surface area contributed by atoms with Crippen molar-refractivity contribution in [1.82, 2.24) is 5.32 Å². The molecule has 1 unspecified atom stereocenters. The van der Waals surface area contributed by atoms with Crippen LogP contribution in [-0.2, 0) is 11.3 Å². The van der Waals surface area contributed by atoms with Crippen LogP contribution in [0.15, 0.2) is 42.5 Å². The summed E-state index contributed by atoms with van der Waals surface area (Å²) in [7, 11) is 1.40. The summed E-state index contributed by atoms with van der Waals surface area (Å²) in [5, 5.41) is 11.9. The number of ether oxygens (including phenoxy) is 3. The molecular formula is C18H17NO6. The molecule has 0 saturated heterocycles. The Morgan fingerprint density at radius 1 is 1.24 bits per heavy atom. The quantitative estimate of drug-likeness (QED) is 0.860. The highest BCUT2D eigenvalue weighted by atomic mass is 16.6. The molecule has 1 atom stereocenters. The number of rotatable bonds is 5. The van der Waals surface area contributed by atoms with Crippen molar-refractivity contribution >= 4 is 11.9 Å². The molecule has 1 aliphatic rings. The van der Waals surface area contributed by atoms with Gasteiger partial charge in [-0.05, 0) is 29.8 Å². The smallest absolute Gasteiger partial charge is 0.339 e. The van der Waals surface area contributed by atoms with Crippen LogP contribution in [0.25, 0.3) is 0 Å². The summed E-state index contributed by atoms with van der Waals surface area (Å²) >= 11 is 0. The summed E-state index contributed by atoms with van der Waals surface area (Å²) in [4.78, 5) is 23.5. The molecule has 0 fully saturated rings. The number of para-hydroxylation sites is 2. The molecule has 0 bridgehead atoms. The standard InChI is InChI=1S/C18H17NO6/c1-23-13-7-6-11(8-12(13)18(21)22)9-19-17(20)16-10-24-14-4-2-3-5-15(14)25-16/h2-8,16H,9-10H2,1H3,(H,19,20)(H,21,22). The zero-order valence-corrected chi connectivity index (χ0v) is 13.5. The average molecular weight is 343 g/mol. The average Bonchev–Trinajstić information content (AvgIpc) is 2.65. The SMILES string of the molecule is COc1ccc(CNC(=O)C2COc3ccccc3O2)cc1C(=O)O. The molecule has 0 radical (unpaired) electrons. The zero-order valence-electron chi connectivity index (χ0n) is 13.5. The molecule has 1 aliphatic heterocycles. The summed E-state index contributed by atoms with van der Waals surface area (Å²) in [6.45, 7) is 0.288. The first-order valence-corrected chi connectivity index (χ1v) is 7.65. The van der Waals surface area contributed by atoms with E-state index >= 15 is 0 Å². The molecule has 7 nitrogen and oxygen atoms in total. The topological polar surface area (TPSA) is 94.1 Å². The van der Waals surface area contributed by atoms with E-state index in [-0.39, 0.29) is 30.4 Å². The maximum Gasteiger partial charge on any atom is 0.339 e. The van der Waals surface area contributed by atoms with Crippen molar-refractivity contribution in [3.63, 3.8) is 0 Å². The molecule has 2 aromatic rings. The number of hydrogen-bond donors (Lipinski definition) is 2. The predicted octanol–water partition coefficient (Wildman–Crippen LogP) is 1.85. The van der Waals surface area contributed by atoms with Gasteiger partial charge in [-0.1, -0.05) is 18.2 Å². The molecular weight excluding hydrogens is 326 g/mol. The Morgan fingerprint density at radius 3 is 2.72 bits per heavy atom. The molecule has 2 aromatic carbocycles. The number of carbonyl (C=O) groups excluding carboxylic acids is 1. The van der Waals surface area contributed by atoms with Gasteiger partial charge in [0.25, 0.3) is 5.91 Å². The molecule has 1 amide bonds. The van der Waals surface area contributed by atoms with Gasteiger partial charge in [-0.25, -0.2) is 4.79 Å². The van der Waals surface area contributed by atoms with Crippen molar-refractivity contribution < 1.29 is 28.9 Å². The van der Waals surface area contributed by atoms with E-state index in [2.05, 4.69) is 5.32 Å². The maximum absolute atomic E-state index is 12.3. The number of carbonyl (C=O) groups is 2. The first-order chi connectivity index (χ1) is 12.1. The zero-order chi connectivity index (χ0) is 17.8. The fourth-order valence-corrected chi connectivity index (χ4v) is 2.48. The highest BCUT2D eigenvalue weighted by Gasteiger charge is 2.27. The van der Waals surface area contributed by atoms with Crippen molar-refractivity contribution in [1.29, 1.82) is 0 Å². The molecule has 7 heteroatoms. The number of benzene rings is 2. The Morgan fingerprint density at radius 2 is 2.00 bits per heavy atom. The van der Waals surface area contributed by atoms with E-state index in [0.717, 1.165) is 0 Å². The van der Waals surface area contributed by atoms with Gasteiger partial charge in [0.05, 0.1) is 7.11 Å². The predicted molar refractivity (Wildman–Crippen MR) is 88.2 cm³/mol. The van der Waals surface area contributed by atoms with Gasteiger partial charge in [0.1, 0.15) is 17.9 Å².